The van der Waals surface area contributed by atoms with Gasteiger partial charge < -0.3 is 9.47 Å². The highest BCUT2D eigenvalue weighted by atomic mass is 79.9. The smallest absolute Gasteiger partial charge is 0.293 e. The number of para-hydroxylation sites is 1. The molecular formula is C12H15BrO3. The van der Waals surface area contributed by atoms with Gasteiger partial charge in [-0.15, -0.1) is 0 Å². The van der Waals surface area contributed by atoms with E-state index >= 15 is 0 Å². The first-order valence-electron chi connectivity index (χ1n) is 5.11. The molecule has 0 amide bonds. The Morgan fingerprint density at radius 2 is 2.19 bits per heavy atom. The summed E-state index contributed by atoms with van der Waals surface area (Å²) in [5.74, 6) is 0.836. The standard InChI is InChI=1S/C12H15BrO3/c1-10-4-2-3-5-12(10)16-11(6-7-13)8-15-9-14/h2-5,9,11H,6-8H2,1H3. The van der Waals surface area contributed by atoms with Crippen molar-refractivity contribution in [1.82, 2.24) is 0 Å². The van der Waals surface area contributed by atoms with Crippen LogP contribution in [0.3, 0.4) is 0 Å². The van der Waals surface area contributed by atoms with Gasteiger partial charge in [-0.25, -0.2) is 0 Å². The molecule has 0 saturated carbocycles. The summed E-state index contributed by atoms with van der Waals surface area (Å²) in [6, 6.07) is 7.79. The third-order valence-electron chi connectivity index (χ3n) is 2.17. The van der Waals surface area contributed by atoms with E-state index in [4.69, 9.17) is 9.47 Å². The first-order valence-corrected chi connectivity index (χ1v) is 6.23. The molecule has 0 aliphatic carbocycles. The van der Waals surface area contributed by atoms with E-state index < -0.39 is 0 Å². The van der Waals surface area contributed by atoms with Gasteiger partial charge in [-0.2, -0.15) is 0 Å². The lowest BCUT2D eigenvalue weighted by Gasteiger charge is -2.18. The van der Waals surface area contributed by atoms with E-state index in [1.54, 1.807) is 0 Å². The van der Waals surface area contributed by atoms with Crippen LogP contribution >= 0.6 is 15.9 Å². The van der Waals surface area contributed by atoms with E-state index in [0.717, 1.165) is 23.1 Å². The van der Waals surface area contributed by atoms with E-state index in [1.165, 1.54) is 0 Å². The molecule has 0 aliphatic heterocycles. The Balaban J connectivity index is 2.59. The van der Waals surface area contributed by atoms with Crippen molar-refractivity contribution in [2.75, 3.05) is 11.9 Å². The van der Waals surface area contributed by atoms with Gasteiger partial charge in [0.2, 0.25) is 0 Å². The Morgan fingerprint density at radius 1 is 1.44 bits per heavy atom. The maximum absolute atomic E-state index is 10.1. The predicted molar refractivity (Wildman–Crippen MR) is 66.0 cm³/mol. The minimum Gasteiger partial charge on any atom is -0.487 e. The number of rotatable bonds is 7. The minimum atomic E-state index is -0.106. The number of carbonyl (C=O) groups excluding carboxylic acids is 1. The van der Waals surface area contributed by atoms with Gasteiger partial charge in [0.05, 0.1) is 0 Å². The van der Waals surface area contributed by atoms with Crippen molar-refractivity contribution in [2.45, 2.75) is 19.4 Å². The van der Waals surface area contributed by atoms with Crippen LogP contribution in [-0.4, -0.2) is 24.5 Å². The molecule has 1 rings (SSSR count). The van der Waals surface area contributed by atoms with Crippen LogP contribution in [0.1, 0.15) is 12.0 Å². The topological polar surface area (TPSA) is 35.5 Å². The first kappa shape index (κ1) is 13.0. The summed E-state index contributed by atoms with van der Waals surface area (Å²) >= 11 is 3.35. The normalized spacial score (nSPS) is 11.9. The number of hydrogen-bond donors (Lipinski definition) is 0. The second kappa shape index (κ2) is 7.28. The van der Waals surface area contributed by atoms with Gasteiger partial charge in [-0.1, -0.05) is 34.1 Å². The highest BCUT2D eigenvalue weighted by Gasteiger charge is 2.11. The predicted octanol–water partition coefficient (Wildman–Crippen LogP) is 2.70. The third kappa shape index (κ3) is 4.23. The lowest BCUT2D eigenvalue weighted by atomic mass is 10.2. The highest BCUT2D eigenvalue weighted by Crippen LogP contribution is 2.19. The van der Waals surface area contributed by atoms with Crippen LogP contribution in [0.2, 0.25) is 0 Å². The number of aryl methyl sites for hydroxylation is 1. The summed E-state index contributed by atoms with van der Waals surface area (Å²) in [5.41, 5.74) is 1.08. The van der Waals surface area contributed by atoms with E-state index in [1.807, 2.05) is 31.2 Å². The third-order valence-corrected chi connectivity index (χ3v) is 2.63. The Kier molecular flexibility index (Phi) is 5.93. The van der Waals surface area contributed by atoms with E-state index in [2.05, 4.69) is 15.9 Å². The number of alkyl halides is 1. The maximum atomic E-state index is 10.1. The lowest BCUT2D eigenvalue weighted by molar-refractivity contribution is -0.131. The molecule has 0 bridgehead atoms. The zero-order chi connectivity index (χ0) is 11.8. The van der Waals surface area contributed by atoms with Crippen LogP contribution in [0.5, 0.6) is 5.75 Å². The Morgan fingerprint density at radius 3 is 2.81 bits per heavy atom. The minimum absolute atomic E-state index is 0.106. The van der Waals surface area contributed by atoms with Crippen molar-refractivity contribution in [1.29, 1.82) is 0 Å². The number of benzene rings is 1. The average Bonchev–Trinajstić information content (AvgIpc) is 2.29. The van der Waals surface area contributed by atoms with Crippen LogP contribution in [0.15, 0.2) is 24.3 Å². The van der Waals surface area contributed by atoms with Crippen LogP contribution in [-0.2, 0) is 9.53 Å². The SMILES string of the molecule is Cc1ccccc1OC(CCBr)COC=O. The zero-order valence-electron chi connectivity index (χ0n) is 9.19. The fourth-order valence-electron chi connectivity index (χ4n) is 1.31. The molecule has 0 aliphatic rings. The largest absolute Gasteiger partial charge is 0.487 e. The van der Waals surface area contributed by atoms with Crippen molar-refractivity contribution >= 4 is 22.4 Å². The first-order chi connectivity index (χ1) is 7.77. The van der Waals surface area contributed by atoms with Gasteiger partial charge >= 0.3 is 0 Å². The molecule has 0 fully saturated rings. The molecule has 1 aromatic carbocycles. The molecule has 0 spiro atoms. The van der Waals surface area contributed by atoms with Crippen LogP contribution in [0.4, 0.5) is 0 Å². The van der Waals surface area contributed by atoms with Crippen molar-refractivity contribution in [3.05, 3.63) is 29.8 Å². The van der Waals surface area contributed by atoms with Crippen LogP contribution < -0.4 is 4.74 Å². The second-order valence-corrected chi connectivity index (χ2v) is 4.21. The molecule has 0 saturated heterocycles. The summed E-state index contributed by atoms with van der Waals surface area (Å²) < 4.78 is 10.5. The monoisotopic (exact) mass is 286 g/mol. The number of ether oxygens (including phenoxy) is 2. The number of halogens is 1. The Labute approximate surface area is 104 Å². The van der Waals surface area contributed by atoms with Crippen molar-refractivity contribution in [3.8, 4) is 5.75 Å². The summed E-state index contributed by atoms with van der Waals surface area (Å²) in [6.07, 6.45) is 0.688. The summed E-state index contributed by atoms with van der Waals surface area (Å²) in [7, 11) is 0. The van der Waals surface area contributed by atoms with Crippen molar-refractivity contribution < 1.29 is 14.3 Å². The summed E-state index contributed by atoms with van der Waals surface area (Å²) in [4.78, 5) is 10.1. The summed E-state index contributed by atoms with van der Waals surface area (Å²) in [5, 5.41) is 0.811. The molecule has 1 atom stereocenters. The molecule has 4 heteroatoms. The van der Waals surface area contributed by atoms with E-state index in [9.17, 15) is 4.79 Å². The molecule has 1 unspecified atom stereocenters. The average molecular weight is 287 g/mol. The molecule has 0 aromatic heterocycles. The fourth-order valence-corrected chi connectivity index (χ4v) is 1.82. The quantitative estimate of drug-likeness (QED) is 0.571. The summed E-state index contributed by atoms with van der Waals surface area (Å²) in [6.45, 7) is 2.72. The van der Waals surface area contributed by atoms with Crippen LogP contribution in [0, 0.1) is 6.92 Å². The van der Waals surface area contributed by atoms with Gasteiger partial charge in [-0.3, -0.25) is 4.79 Å². The van der Waals surface area contributed by atoms with Gasteiger partial charge in [0.1, 0.15) is 18.5 Å². The van der Waals surface area contributed by atoms with Crippen LogP contribution in [0.25, 0.3) is 0 Å². The van der Waals surface area contributed by atoms with Gasteiger partial charge in [0.15, 0.2) is 0 Å². The highest BCUT2D eigenvalue weighted by molar-refractivity contribution is 9.09. The lowest BCUT2D eigenvalue weighted by Crippen LogP contribution is -2.23. The molecule has 88 valence electrons. The molecule has 1 aromatic rings. The molecule has 0 radical (unpaired) electrons. The fraction of sp³-hybridized carbons (Fsp3) is 0.417. The van der Waals surface area contributed by atoms with Gasteiger partial charge in [0.25, 0.3) is 6.47 Å². The van der Waals surface area contributed by atoms with E-state index in [0.29, 0.717) is 6.47 Å². The Hall–Kier alpha value is -1.03. The van der Waals surface area contributed by atoms with Crippen molar-refractivity contribution in [3.63, 3.8) is 0 Å². The second-order valence-electron chi connectivity index (χ2n) is 3.41. The van der Waals surface area contributed by atoms with Gasteiger partial charge in [0, 0.05) is 5.33 Å². The Bertz CT molecular complexity index is 328. The molecule has 0 heterocycles. The number of hydrogen-bond acceptors (Lipinski definition) is 3. The zero-order valence-corrected chi connectivity index (χ0v) is 10.8. The van der Waals surface area contributed by atoms with E-state index in [-0.39, 0.29) is 12.7 Å². The van der Waals surface area contributed by atoms with Crippen molar-refractivity contribution in [2.24, 2.45) is 0 Å². The van der Waals surface area contributed by atoms with Gasteiger partial charge in [-0.05, 0) is 25.0 Å². The maximum Gasteiger partial charge on any atom is 0.293 e. The molecule has 3 nitrogen and oxygen atoms in total. The molecular weight excluding hydrogens is 272 g/mol. The molecule has 0 N–H and O–H groups in total. The number of carbonyl (C=O) groups is 1. The molecule has 16 heavy (non-hydrogen) atoms.